The van der Waals surface area contributed by atoms with E-state index in [2.05, 4.69) is 11.8 Å². The maximum atomic E-state index is 11.3. The summed E-state index contributed by atoms with van der Waals surface area (Å²) in [6.07, 6.45) is 1.70. The van der Waals surface area contributed by atoms with E-state index in [0.717, 1.165) is 23.7 Å². The third-order valence-corrected chi connectivity index (χ3v) is 5.20. The SMILES string of the molecule is CC(c1ccc(Cl)s1)N1CCCC(C)(C(=O)O)C1. The topological polar surface area (TPSA) is 40.5 Å². The molecular formula is C13H18ClNO2S. The smallest absolute Gasteiger partial charge is 0.310 e. The summed E-state index contributed by atoms with van der Waals surface area (Å²) in [5.74, 6) is -0.691. The summed E-state index contributed by atoms with van der Waals surface area (Å²) in [6, 6.07) is 4.17. The molecule has 1 N–H and O–H groups in total. The summed E-state index contributed by atoms with van der Waals surface area (Å²) >= 11 is 7.53. The number of likely N-dealkylation sites (tertiary alicyclic amines) is 1. The first-order valence-electron chi connectivity index (χ1n) is 6.15. The Labute approximate surface area is 116 Å². The molecule has 5 heteroatoms. The zero-order chi connectivity index (χ0) is 13.3. The summed E-state index contributed by atoms with van der Waals surface area (Å²) in [5.41, 5.74) is -0.617. The second-order valence-electron chi connectivity index (χ2n) is 5.26. The van der Waals surface area contributed by atoms with E-state index in [-0.39, 0.29) is 6.04 Å². The Morgan fingerprint density at radius 1 is 1.61 bits per heavy atom. The lowest BCUT2D eigenvalue weighted by Crippen LogP contribution is -2.46. The maximum absolute atomic E-state index is 11.3. The van der Waals surface area contributed by atoms with E-state index in [0.29, 0.717) is 6.54 Å². The van der Waals surface area contributed by atoms with Crippen LogP contribution in [0.4, 0.5) is 0 Å². The van der Waals surface area contributed by atoms with Crippen molar-refractivity contribution in [3.05, 3.63) is 21.3 Å². The molecule has 0 saturated carbocycles. The molecule has 0 spiro atoms. The number of aliphatic carboxylic acids is 1. The van der Waals surface area contributed by atoms with Crippen molar-refractivity contribution in [3.8, 4) is 0 Å². The quantitative estimate of drug-likeness (QED) is 0.922. The van der Waals surface area contributed by atoms with E-state index in [9.17, 15) is 9.90 Å². The van der Waals surface area contributed by atoms with Gasteiger partial charge in [-0.2, -0.15) is 0 Å². The third-order valence-electron chi connectivity index (χ3n) is 3.80. The van der Waals surface area contributed by atoms with Gasteiger partial charge in [0.25, 0.3) is 0 Å². The third kappa shape index (κ3) is 2.71. The van der Waals surface area contributed by atoms with Crippen molar-refractivity contribution >= 4 is 28.9 Å². The van der Waals surface area contributed by atoms with Gasteiger partial charge in [-0.25, -0.2) is 0 Å². The molecule has 0 aliphatic carbocycles. The molecule has 0 aromatic carbocycles. The van der Waals surface area contributed by atoms with Crippen molar-refractivity contribution in [1.82, 2.24) is 4.90 Å². The molecule has 18 heavy (non-hydrogen) atoms. The fraction of sp³-hybridized carbons (Fsp3) is 0.615. The van der Waals surface area contributed by atoms with Crippen LogP contribution in [0.25, 0.3) is 0 Å². The van der Waals surface area contributed by atoms with Crippen molar-refractivity contribution in [2.24, 2.45) is 5.41 Å². The predicted molar refractivity (Wildman–Crippen MR) is 74.3 cm³/mol. The van der Waals surface area contributed by atoms with Crippen LogP contribution in [-0.4, -0.2) is 29.1 Å². The van der Waals surface area contributed by atoms with Crippen LogP contribution in [0.5, 0.6) is 0 Å². The van der Waals surface area contributed by atoms with Gasteiger partial charge in [0, 0.05) is 17.5 Å². The number of rotatable bonds is 3. The fourth-order valence-electron chi connectivity index (χ4n) is 2.52. The molecule has 1 aromatic rings. The number of nitrogens with zero attached hydrogens (tertiary/aromatic N) is 1. The molecule has 1 aromatic heterocycles. The Hall–Kier alpha value is -0.580. The summed E-state index contributed by atoms with van der Waals surface area (Å²) in [5, 5.41) is 9.33. The van der Waals surface area contributed by atoms with Crippen molar-refractivity contribution in [1.29, 1.82) is 0 Å². The van der Waals surface area contributed by atoms with Crippen LogP contribution in [0, 0.1) is 5.41 Å². The zero-order valence-electron chi connectivity index (χ0n) is 10.6. The average Bonchev–Trinajstić information content (AvgIpc) is 2.75. The molecular weight excluding hydrogens is 270 g/mol. The minimum Gasteiger partial charge on any atom is -0.481 e. The minimum atomic E-state index is -0.691. The highest BCUT2D eigenvalue weighted by Gasteiger charge is 2.39. The van der Waals surface area contributed by atoms with Gasteiger partial charge in [-0.05, 0) is 45.4 Å². The molecule has 3 nitrogen and oxygen atoms in total. The summed E-state index contributed by atoms with van der Waals surface area (Å²) in [7, 11) is 0. The lowest BCUT2D eigenvalue weighted by molar-refractivity contribution is -0.151. The van der Waals surface area contributed by atoms with Crippen LogP contribution < -0.4 is 0 Å². The molecule has 2 heterocycles. The van der Waals surface area contributed by atoms with E-state index < -0.39 is 11.4 Å². The van der Waals surface area contributed by atoms with E-state index in [1.807, 2.05) is 19.1 Å². The maximum Gasteiger partial charge on any atom is 0.310 e. The molecule has 1 fully saturated rings. The highest BCUT2D eigenvalue weighted by molar-refractivity contribution is 7.16. The molecule has 1 aliphatic rings. The zero-order valence-corrected chi connectivity index (χ0v) is 12.2. The van der Waals surface area contributed by atoms with Gasteiger partial charge in [-0.3, -0.25) is 9.69 Å². The summed E-state index contributed by atoms with van der Waals surface area (Å²) in [6.45, 7) is 5.53. The van der Waals surface area contributed by atoms with Crippen LogP contribution in [0.15, 0.2) is 12.1 Å². The van der Waals surface area contributed by atoms with E-state index in [1.54, 1.807) is 11.3 Å². The molecule has 2 unspecified atom stereocenters. The average molecular weight is 288 g/mol. The molecule has 0 bridgehead atoms. The Morgan fingerprint density at radius 2 is 2.33 bits per heavy atom. The van der Waals surface area contributed by atoms with Crippen molar-refractivity contribution < 1.29 is 9.90 Å². The number of carboxylic acids is 1. The molecule has 1 aliphatic heterocycles. The van der Waals surface area contributed by atoms with Gasteiger partial charge in [0.15, 0.2) is 0 Å². The number of hydrogen-bond acceptors (Lipinski definition) is 3. The van der Waals surface area contributed by atoms with Crippen LogP contribution in [0.1, 0.15) is 37.6 Å². The van der Waals surface area contributed by atoms with Gasteiger partial charge in [-0.15, -0.1) is 11.3 Å². The number of piperidine rings is 1. The Bertz CT molecular complexity index is 448. The lowest BCUT2D eigenvalue weighted by atomic mass is 9.81. The largest absolute Gasteiger partial charge is 0.481 e. The van der Waals surface area contributed by atoms with Crippen LogP contribution in [0.3, 0.4) is 0 Å². The van der Waals surface area contributed by atoms with Crippen LogP contribution in [0.2, 0.25) is 4.34 Å². The standard InChI is InChI=1S/C13H18ClNO2S/c1-9(10-4-5-11(14)18-10)15-7-3-6-13(2,8-15)12(16)17/h4-5,9H,3,6-8H2,1-2H3,(H,16,17). The van der Waals surface area contributed by atoms with Gasteiger partial charge in [0.1, 0.15) is 0 Å². The number of carbonyl (C=O) groups is 1. The van der Waals surface area contributed by atoms with Gasteiger partial charge < -0.3 is 5.11 Å². The molecule has 2 atom stereocenters. The van der Waals surface area contributed by atoms with Crippen LogP contribution in [-0.2, 0) is 4.79 Å². The highest BCUT2D eigenvalue weighted by atomic mass is 35.5. The number of carboxylic acid groups (broad SMARTS) is 1. The summed E-state index contributed by atoms with van der Waals surface area (Å²) < 4.78 is 0.787. The van der Waals surface area contributed by atoms with E-state index in [4.69, 9.17) is 11.6 Å². The Kier molecular flexibility index (Phi) is 3.99. The monoisotopic (exact) mass is 287 g/mol. The predicted octanol–water partition coefficient (Wildman–Crippen LogP) is 3.65. The first-order valence-corrected chi connectivity index (χ1v) is 7.34. The van der Waals surface area contributed by atoms with Crippen molar-refractivity contribution in [3.63, 3.8) is 0 Å². The molecule has 100 valence electrons. The normalized spacial score (nSPS) is 27.1. The second kappa shape index (κ2) is 5.19. The number of hydrogen-bond donors (Lipinski definition) is 1. The van der Waals surface area contributed by atoms with Gasteiger partial charge >= 0.3 is 5.97 Å². The van der Waals surface area contributed by atoms with E-state index in [1.165, 1.54) is 4.88 Å². The number of thiophene rings is 1. The van der Waals surface area contributed by atoms with Crippen LogP contribution >= 0.6 is 22.9 Å². The summed E-state index contributed by atoms with van der Waals surface area (Å²) in [4.78, 5) is 14.8. The second-order valence-corrected chi connectivity index (χ2v) is 7.00. The molecule has 1 saturated heterocycles. The Morgan fingerprint density at radius 3 is 2.89 bits per heavy atom. The van der Waals surface area contributed by atoms with Crippen molar-refractivity contribution in [2.45, 2.75) is 32.7 Å². The molecule has 0 amide bonds. The molecule has 2 rings (SSSR count). The van der Waals surface area contributed by atoms with Gasteiger partial charge in [-0.1, -0.05) is 11.6 Å². The number of halogens is 1. The minimum absolute atomic E-state index is 0.237. The first kappa shape index (κ1) is 13.8. The van der Waals surface area contributed by atoms with E-state index >= 15 is 0 Å². The van der Waals surface area contributed by atoms with Gasteiger partial charge in [0.05, 0.1) is 9.75 Å². The fourth-order valence-corrected chi connectivity index (χ4v) is 3.66. The lowest BCUT2D eigenvalue weighted by Gasteiger charge is -2.40. The van der Waals surface area contributed by atoms with Crippen molar-refractivity contribution in [2.75, 3.05) is 13.1 Å². The van der Waals surface area contributed by atoms with Gasteiger partial charge in [0.2, 0.25) is 0 Å². The highest BCUT2D eigenvalue weighted by Crippen LogP contribution is 2.36. The first-order chi connectivity index (χ1) is 8.42. The Balaban J connectivity index is 2.11. The molecule has 0 radical (unpaired) electrons.